The molecular weight excluding hydrogens is 331 g/mol. The molecule has 1 aromatic heterocycles. The number of imidazole rings is 1. The van der Waals surface area contributed by atoms with Crippen LogP contribution in [0.1, 0.15) is 11.1 Å². The summed E-state index contributed by atoms with van der Waals surface area (Å²) in [6.07, 6.45) is 3.56. The molecule has 0 spiro atoms. The summed E-state index contributed by atoms with van der Waals surface area (Å²) in [5.74, 6) is 0.658. The van der Waals surface area contributed by atoms with E-state index in [4.69, 9.17) is 23.2 Å². The summed E-state index contributed by atoms with van der Waals surface area (Å²) in [5, 5.41) is 5.89. The average Bonchev–Trinajstić information content (AvgIpc) is 2.96. The van der Waals surface area contributed by atoms with Crippen molar-refractivity contribution in [3.63, 3.8) is 0 Å². The van der Waals surface area contributed by atoms with Gasteiger partial charge in [0.25, 0.3) is 0 Å². The zero-order valence-corrected chi connectivity index (χ0v) is 13.9. The molecule has 0 unspecified atom stereocenters. The van der Waals surface area contributed by atoms with Gasteiger partial charge in [0.05, 0.1) is 5.71 Å². The lowest BCUT2D eigenvalue weighted by Crippen LogP contribution is -2.08. The molecule has 0 saturated heterocycles. The molecule has 0 atom stereocenters. The largest absolute Gasteiger partial charge is 0.319 e. The first kappa shape index (κ1) is 15.6. The SMILES string of the molecule is Cn1ccnc1NN=C(c1ccc(Cl)cc1)c1ccc(Cl)cc1. The van der Waals surface area contributed by atoms with E-state index in [0.717, 1.165) is 16.8 Å². The van der Waals surface area contributed by atoms with Gasteiger partial charge < -0.3 is 4.57 Å². The third-order valence-electron chi connectivity index (χ3n) is 3.32. The fourth-order valence-corrected chi connectivity index (χ4v) is 2.34. The van der Waals surface area contributed by atoms with Crippen molar-refractivity contribution >= 4 is 34.9 Å². The minimum Gasteiger partial charge on any atom is -0.319 e. The van der Waals surface area contributed by atoms with Gasteiger partial charge in [-0.15, -0.1) is 0 Å². The fourth-order valence-electron chi connectivity index (χ4n) is 2.09. The van der Waals surface area contributed by atoms with E-state index in [1.807, 2.05) is 66.3 Å². The molecule has 1 heterocycles. The first-order valence-corrected chi connectivity index (χ1v) is 7.72. The molecule has 0 aliphatic rings. The monoisotopic (exact) mass is 344 g/mol. The smallest absolute Gasteiger partial charge is 0.223 e. The van der Waals surface area contributed by atoms with Crippen LogP contribution in [0.15, 0.2) is 66.0 Å². The Balaban J connectivity index is 2.00. The van der Waals surface area contributed by atoms with Crippen molar-refractivity contribution < 1.29 is 0 Å². The Morgan fingerprint density at radius 1 is 0.957 bits per heavy atom. The molecule has 0 aliphatic heterocycles. The molecule has 116 valence electrons. The second-order valence-corrected chi connectivity index (χ2v) is 5.82. The first-order valence-electron chi connectivity index (χ1n) is 6.96. The number of anilines is 1. The zero-order valence-electron chi connectivity index (χ0n) is 12.4. The van der Waals surface area contributed by atoms with Crippen molar-refractivity contribution in [3.8, 4) is 0 Å². The second kappa shape index (κ2) is 6.86. The number of nitrogens with one attached hydrogen (secondary N) is 1. The number of hydrogen-bond acceptors (Lipinski definition) is 3. The van der Waals surface area contributed by atoms with Crippen LogP contribution < -0.4 is 5.43 Å². The first-order chi connectivity index (χ1) is 11.1. The van der Waals surface area contributed by atoms with Gasteiger partial charge in [-0.2, -0.15) is 5.10 Å². The maximum absolute atomic E-state index is 5.98. The molecule has 4 nitrogen and oxygen atoms in total. The third-order valence-corrected chi connectivity index (χ3v) is 3.83. The van der Waals surface area contributed by atoms with Gasteiger partial charge in [-0.25, -0.2) is 10.4 Å². The molecule has 3 aromatic rings. The predicted octanol–water partition coefficient (Wildman–Crippen LogP) is 4.59. The molecule has 0 aliphatic carbocycles. The van der Waals surface area contributed by atoms with Gasteiger partial charge in [-0.3, -0.25) is 0 Å². The molecule has 0 fully saturated rings. The molecule has 3 rings (SSSR count). The van der Waals surface area contributed by atoms with E-state index in [1.54, 1.807) is 6.20 Å². The minimum atomic E-state index is 0.658. The van der Waals surface area contributed by atoms with Crippen molar-refractivity contribution in [1.29, 1.82) is 0 Å². The lowest BCUT2D eigenvalue weighted by Gasteiger charge is -2.09. The Labute approximate surface area is 144 Å². The van der Waals surface area contributed by atoms with Gasteiger partial charge >= 0.3 is 0 Å². The number of halogens is 2. The van der Waals surface area contributed by atoms with Crippen LogP contribution in [-0.2, 0) is 7.05 Å². The molecule has 0 saturated carbocycles. The summed E-state index contributed by atoms with van der Waals surface area (Å²) in [5.41, 5.74) is 5.66. The van der Waals surface area contributed by atoms with Crippen molar-refractivity contribution in [3.05, 3.63) is 82.1 Å². The quantitative estimate of drug-likeness (QED) is 0.555. The van der Waals surface area contributed by atoms with Crippen LogP contribution in [0, 0.1) is 0 Å². The molecule has 1 N–H and O–H groups in total. The summed E-state index contributed by atoms with van der Waals surface area (Å²) < 4.78 is 1.85. The van der Waals surface area contributed by atoms with Crippen LogP contribution >= 0.6 is 23.2 Å². The van der Waals surface area contributed by atoms with Gasteiger partial charge in [0.15, 0.2) is 0 Å². The van der Waals surface area contributed by atoms with Gasteiger partial charge in [0.2, 0.25) is 5.95 Å². The zero-order chi connectivity index (χ0) is 16.2. The highest BCUT2D eigenvalue weighted by Crippen LogP contribution is 2.17. The van der Waals surface area contributed by atoms with E-state index in [2.05, 4.69) is 15.5 Å². The van der Waals surface area contributed by atoms with Crippen LogP contribution in [0.3, 0.4) is 0 Å². The molecule has 0 amide bonds. The average molecular weight is 345 g/mol. The van der Waals surface area contributed by atoms with E-state index in [-0.39, 0.29) is 0 Å². The molecule has 23 heavy (non-hydrogen) atoms. The van der Waals surface area contributed by atoms with E-state index in [9.17, 15) is 0 Å². The Morgan fingerprint density at radius 3 is 1.91 bits per heavy atom. The van der Waals surface area contributed by atoms with Gasteiger partial charge in [-0.1, -0.05) is 47.5 Å². The van der Waals surface area contributed by atoms with E-state index in [1.165, 1.54) is 0 Å². The Bertz CT molecular complexity index is 773. The van der Waals surface area contributed by atoms with Crippen molar-refractivity contribution in [2.45, 2.75) is 0 Å². The Hall–Kier alpha value is -2.30. The van der Waals surface area contributed by atoms with Gasteiger partial charge in [0.1, 0.15) is 0 Å². The Kier molecular flexibility index (Phi) is 4.65. The Morgan fingerprint density at radius 2 is 1.48 bits per heavy atom. The number of nitrogens with zero attached hydrogens (tertiary/aromatic N) is 3. The normalized spacial score (nSPS) is 10.4. The standard InChI is InChI=1S/C17H14Cl2N4/c1-23-11-10-20-17(23)22-21-16(12-2-6-14(18)7-3-12)13-4-8-15(19)9-5-13/h2-11H,1H3,(H,20,22). The maximum Gasteiger partial charge on any atom is 0.223 e. The molecule has 0 bridgehead atoms. The highest BCUT2D eigenvalue weighted by Gasteiger charge is 2.08. The van der Waals surface area contributed by atoms with Crippen molar-refractivity contribution in [2.24, 2.45) is 12.1 Å². The summed E-state index contributed by atoms with van der Waals surface area (Å²) in [7, 11) is 1.90. The van der Waals surface area contributed by atoms with Gasteiger partial charge in [-0.05, 0) is 24.3 Å². The van der Waals surface area contributed by atoms with E-state index in [0.29, 0.717) is 16.0 Å². The highest BCUT2D eigenvalue weighted by molar-refractivity contribution is 6.31. The number of hydrogen-bond donors (Lipinski definition) is 1. The second-order valence-electron chi connectivity index (χ2n) is 4.95. The number of aromatic nitrogens is 2. The summed E-state index contributed by atoms with van der Waals surface area (Å²) in [6.45, 7) is 0. The lowest BCUT2D eigenvalue weighted by molar-refractivity contribution is 0.911. The lowest BCUT2D eigenvalue weighted by atomic mass is 10.0. The molecule has 6 heteroatoms. The number of benzene rings is 2. The topological polar surface area (TPSA) is 42.2 Å². The van der Waals surface area contributed by atoms with Crippen LogP contribution in [0.2, 0.25) is 10.0 Å². The molecule has 0 radical (unpaired) electrons. The minimum absolute atomic E-state index is 0.658. The van der Waals surface area contributed by atoms with Crippen LogP contribution in [0.25, 0.3) is 0 Å². The summed E-state index contributed by atoms with van der Waals surface area (Å²) in [6, 6.07) is 15.1. The summed E-state index contributed by atoms with van der Waals surface area (Å²) in [4.78, 5) is 4.21. The van der Waals surface area contributed by atoms with Crippen molar-refractivity contribution in [1.82, 2.24) is 9.55 Å². The predicted molar refractivity (Wildman–Crippen MR) is 95.4 cm³/mol. The van der Waals surface area contributed by atoms with Crippen LogP contribution in [0.5, 0.6) is 0 Å². The van der Waals surface area contributed by atoms with Crippen molar-refractivity contribution in [2.75, 3.05) is 5.43 Å². The maximum atomic E-state index is 5.98. The van der Waals surface area contributed by atoms with E-state index >= 15 is 0 Å². The fraction of sp³-hybridized carbons (Fsp3) is 0.0588. The summed E-state index contributed by atoms with van der Waals surface area (Å²) >= 11 is 12.0. The molecule has 2 aromatic carbocycles. The third kappa shape index (κ3) is 3.73. The molecular formula is C17H14Cl2N4. The highest BCUT2D eigenvalue weighted by atomic mass is 35.5. The van der Waals surface area contributed by atoms with E-state index < -0.39 is 0 Å². The van der Waals surface area contributed by atoms with Gasteiger partial charge in [0, 0.05) is 40.6 Å². The number of aryl methyl sites for hydroxylation is 1. The van der Waals surface area contributed by atoms with Crippen LogP contribution in [0.4, 0.5) is 5.95 Å². The number of rotatable bonds is 4. The van der Waals surface area contributed by atoms with Crippen LogP contribution in [-0.4, -0.2) is 15.3 Å². The number of hydrazone groups is 1.